The topological polar surface area (TPSA) is 12.9 Å². The third-order valence-electron chi connectivity index (χ3n) is 5.08. The van der Waals surface area contributed by atoms with Crippen LogP contribution in [0.3, 0.4) is 0 Å². The molecule has 0 unspecified atom stereocenters. The summed E-state index contributed by atoms with van der Waals surface area (Å²) in [4.78, 5) is 4.97. The molecule has 1 aliphatic rings. The molecular weight excluding hydrogens is 397 g/mol. The molecule has 4 aromatic rings. The van der Waals surface area contributed by atoms with Crippen LogP contribution in [0.4, 0.5) is 0 Å². The molecule has 0 N–H and O–H groups in total. The first-order valence-electron chi connectivity index (χ1n) is 8.68. The van der Waals surface area contributed by atoms with Gasteiger partial charge in [0.25, 0.3) is 0 Å². The first kappa shape index (κ1) is 18.3. The standard InChI is InChI=1S/C23H15Cl2N.ClH/c24-15-10-12-20-18(13-15)22(17-7-3-4-8-19(17)25)23-16-6-2-1-5-14(16)9-11-21(23)26-20;/h1-8,10,12-13H,9,11H2;1H. The first-order chi connectivity index (χ1) is 12.7. The molecule has 134 valence electrons. The van der Waals surface area contributed by atoms with E-state index in [-0.39, 0.29) is 12.4 Å². The molecule has 0 bridgehead atoms. The minimum atomic E-state index is 0. The Balaban J connectivity index is 0.00000180. The van der Waals surface area contributed by atoms with E-state index in [1.165, 1.54) is 16.7 Å². The minimum Gasteiger partial charge on any atom is -0.252 e. The van der Waals surface area contributed by atoms with Crippen molar-refractivity contribution >= 4 is 46.5 Å². The van der Waals surface area contributed by atoms with E-state index < -0.39 is 0 Å². The number of fused-ring (bicyclic) bond motifs is 4. The van der Waals surface area contributed by atoms with Gasteiger partial charge in [-0.2, -0.15) is 0 Å². The Bertz CT molecular complexity index is 1170. The molecule has 1 aromatic heterocycles. The molecule has 27 heavy (non-hydrogen) atoms. The van der Waals surface area contributed by atoms with Crippen LogP contribution in [-0.4, -0.2) is 4.98 Å². The van der Waals surface area contributed by atoms with Gasteiger partial charge in [-0.3, -0.25) is 4.98 Å². The molecule has 0 atom stereocenters. The monoisotopic (exact) mass is 411 g/mol. The fraction of sp³-hybridized carbons (Fsp3) is 0.0870. The average Bonchev–Trinajstić information content (AvgIpc) is 2.67. The van der Waals surface area contributed by atoms with Gasteiger partial charge in [0.1, 0.15) is 0 Å². The molecule has 0 saturated heterocycles. The molecule has 1 nitrogen and oxygen atoms in total. The molecule has 0 spiro atoms. The van der Waals surface area contributed by atoms with Crippen molar-refractivity contribution in [2.75, 3.05) is 0 Å². The van der Waals surface area contributed by atoms with Gasteiger partial charge in [0.15, 0.2) is 0 Å². The van der Waals surface area contributed by atoms with Crippen LogP contribution in [0.25, 0.3) is 33.2 Å². The van der Waals surface area contributed by atoms with Crippen molar-refractivity contribution in [2.24, 2.45) is 0 Å². The Morgan fingerprint density at radius 2 is 1.48 bits per heavy atom. The van der Waals surface area contributed by atoms with E-state index in [0.717, 1.165) is 45.6 Å². The molecular formula is C23H16Cl3N. The number of aryl methyl sites for hydroxylation is 2. The van der Waals surface area contributed by atoms with Crippen LogP contribution in [0, 0.1) is 0 Å². The quantitative estimate of drug-likeness (QED) is 0.317. The van der Waals surface area contributed by atoms with Gasteiger partial charge in [0.2, 0.25) is 0 Å². The number of hydrogen-bond acceptors (Lipinski definition) is 1. The summed E-state index contributed by atoms with van der Waals surface area (Å²) in [5, 5.41) is 2.49. The van der Waals surface area contributed by atoms with Gasteiger partial charge in [-0.25, -0.2) is 0 Å². The Morgan fingerprint density at radius 3 is 2.30 bits per heavy atom. The maximum Gasteiger partial charge on any atom is 0.0713 e. The number of aromatic nitrogens is 1. The zero-order valence-corrected chi connectivity index (χ0v) is 16.7. The fourth-order valence-corrected chi connectivity index (χ4v) is 4.34. The van der Waals surface area contributed by atoms with Crippen LogP contribution in [-0.2, 0) is 12.8 Å². The largest absolute Gasteiger partial charge is 0.252 e. The third kappa shape index (κ3) is 3.00. The molecule has 4 heteroatoms. The molecule has 0 fully saturated rings. The smallest absolute Gasteiger partial charge is 0.0713 e. The summed E-state index contributed by atoms with van der Waals surface area (Å²) in [6.07, 6.45) is 1.94. The lowest BCUT2D eigenvalue weighted by atomic mass is 9.82. The van der Waals surface area contributed by atoms with Crippen molar-refractivity contribution in [1.29, 1.82) is 0 Å². The van der Waals surface area contributed by atoms with Gasteiger partial charge in [0.05, 0.1) is 5.52 Å². The maximum atomic E-state index is 6.62. The van der Waals surface area contributed by atoms with E-state index >= 15 is 0 Å². The molecule has 3 aromatic carbocycles. The number of rotatable bonds is 1. The van der Waals surface area contributed by atoms with Crippen LogP contribution in [0.15, 0.2) is 66.7 Å². The predicted molar refractivity (Wildman–Crippen MR) is 117 cm³/mol. The minimum absolute atomic E-state index is 0. The first-order valence-corrected chi connectivity index (χ1v) is 9.43. The third-order valence-corrected chi connectivity index (χ3v) is 5.65. The Kier molecular flexibility index (Phi) is 4.86. The van der Waals surface area contributed by atoms with E-state index in [1.54, 1.807) is 0 Å². The van der Waals surface area contributed by atoms with Gasteiger partial charge >= 0.3 is 0 Å². The molecule has 0 aliphatic heterocycles. The molecule has 1 aliphatic carbocycles. The van der Waals surface area contributed by atoms with Crippen molar-refractivity contribution < 1.29 is 0 Å². The molecule has 0 radical (unpaired) electrons. The van der Waals surface area contributed by atoms with E-state index in [0.29, 0.717) is 5.02 Å². The van der Waals surface area contributed by atoms with Gasteiger partial charge < -0.3 is 0 Å². The molecule has 1 heterocycles. The molecule has 0 saturated carbocycles. The van der Waals surface area contributed by atoms with Crippen LogP contribution in [0.5, 0.6) is 0 Å². The second-order valence-electron chi connectivity index (χ2n) is 6.61. The van der Waals surface area contributed by atoms with E-state index in [4.69, 9.17) is 28.2 Å². The lowest BCUT2D eigenvalue weighted by molar-refractivity contribution is 0.905. The Hall–Kier alpha value is -2.06. The van der Waals surface area contributed by atoms with Gasteiger partial charge in [-0.15, -0.1) is 12.4 Å². The lowest BCUT2D eigenvalue weighted by Crippen LogP contribution is -2.08. The molecule has 5 rings (SSSR count). The van der Waals surface area contributed by atoms with Crippen molar-refractivity contribution in [3.8, 4) is 22.3 Å². The van der Waals surface area contributed by atoms with Crippen LogP contribution < -0.4 is 0 Å². The summed E-state index contributed by atoms with van der Waals surface area (Å²) < 4.78 is 0. The molecule has 0 amide bonds. The van der Waals surface area contributed by atoms with E-state index in [9.17, 15) is 0 Å². The normalized spacial score (nSPS) is 12.2. The Labute approximate surface area is 174 Å². The number of nitrogens with zero attached hydrogens (tertiary/aromatic N) is 1. The van der Waals surface area contributed by atoms with E-state index in [1.807, 2.05) is 36.4 Å². The highest BCUT2D eigenvalue weighted by Crippen LogP contribution is 2.45. The highest BCUT2D eigenvalue weighted by atomic mass is 35.5. The maximum absolute atomic E-state index is 6.62. The van der Waals surface area contributed by atoms with Crippen LogP contribution in [0.1, 0.15) is 11.3 Å². The summed E-state index contributed by atoms with van der Waals surface area (Å²) in [5.41, 5.74) is 8.04. The van der Waals surface area contributed by atoms with Crippen LogP contribution in [0.2, 0.25) is 10.0 Å². The van der Waals surface area contributed by atoms with Gasteiger partial charge in [0, 0.05) is 37.8 Å². The van der Waals surface area contributed by atoms with Crippen molar-refractivity contribution in [1.82, 2.24) is 4.98 Å². The summed E-state index contributed by atoms with van der Waals surface area (Å²) >= 11 is 13.0. The van der Waals surface area contributed by atoms with Gasteiger partial charge in [-0.05, 0) is 48.2 Å². The summed E-state index contributed by atoms with van der Waals surface area (Å²) in [6, 6.07) is 22.5. The average molecular weight is 413 g/mol. The highest BCUT2D eigenvalue weighted by Gasteiger charge is 2.24. The van der Waals surface area contributed by atoms with Crippen LogP contribution >= 0.6 is 35.6 Å². The highest BCUT2D eigenvalue weighted by molar-refractivity contribution is 6.34. The zero-order chi connectivity index (χ0) is 17.7. The van der Waals surface area contributed by atoms with E-state index in [2.05, 4.69) is 30.3 Å². The zero-order valence-electron chi connectivity index (χ0n) is 14.4. The number of pyridine rings is 1. The van der Waals surface area contributed by atoms with Gasteiger partial charge in [-0.1, -0.05) is 65.7 Å². The fourth-order valence-electron chi connectivity index (χ4n) is 3.94. The van der Waals surface area contributed by atoms with Crippen molar-refractivity contribution in [3.63, 3.8) is 0 Å². The number of benzene rings is 3. The summed E-state index contributed by atoms with van der Waals surface area (Å²) in [5.74, 6) is 0. The summed E-state index contributed by atoms with van der Waals surface area (Å²) in [7, 11) is 0. The second-order valence-corrected chi connectivity index (χ2v) is 7.45. The SMILES string of the molecule is Cl.Clc1ccc2nc3c(c(-c4ccccc4Cl)c2c1)-c1ccccc1CC3. The lowest BCUT2D eigenvalue weighted by Gasteiger charge is -2.24. The predicted octanol–water partition coefficient (Wildman–Crippen LogP) is 7.40. The Morgan fingerprint density at radius 1 is 0.741 bits per heavy atom. The van der Waals surface area contributed by atoms with Crippen molar-refractivity contribution in [3.05, 3.63) is 88.0 Å². The van der Waals surface area contributed by atoms with Crippen molar-refractivity contribution in [2.45, 2.75) is 12.8 Å². The number of halogens is 3. The summed E-state index contributed by atoms with van der Waals surface area (Å²) in [6.45, 7) is 0. The second kappa shape index (κ2) is 7.16. The number of hydrogen-bond donors (Lipinski definition) is 0.